The fourth-order valence-corrected chi connectivity index (χ4v) is 3.64. The molecule has 2 atom stereocenters. The molecule has 2 unspecified atom stereocenters. The highest BCUT2D eigenvalue weighted by atomic mass is 35.5. The number of nitrogens with zero attached hydrogens (tertiary/aromatic N) is 5. The molecule has 1 aliphatic heterocycles. The van der Waals surface area contributed by atoms with E-state index in [0.29, 0.717) is 6.04 Å². The molecule has 2 aromatic heterocycles. The molecule has 1 saturated heterocycles. The van der Waals surface area contributed by atoms with Gasteiger partial charge in [0.05, 0.1) is 11.1 Å². The highest BCUT2D eigenvalue weighted by molar-refractivity contribution is 6.20. The summed E-state index contributed by atoms with van der Waals surface area (Å²) >= 11 is 6.40. The summed E-state index contributed by atoms with van der Waals surface area (Å²) in [5.74, 6) is 0.978. The van der Waals surface area contributed by atoms with Gasteiger partial charge in [0.25, 0.3) is 0 Å². The van der Waals surface area contributed by atoms with Crippen molar-refractivity contribution in [3.8, 4) is 0 Å². The summed E-state index contributed by atoms with van der Waals surface area (Å²) in [4.78, 5) is 7.29. The van der Waals surface area contributed by atoms with E-state index in [4.69, 9.17) is 16.6 Å². The Morgan fingerprint density at radius 3 is 2.86 bits per heavy atom. The highest BCUT2D eigenvalue weighted by Crippen LogP contribution is 2.32. The average molecular weight is 310 g/mol. The second-order valence-corrected chi connectivity index (χ2v) is 6.68. The minimum Gasteiger partial charge on any atom is -0.307 e. The van der Waals surface area contributed by atoms with Crippen molar-refractivity contribution in [1.82, 2.24) is 24.2 Å². The number of aryl methyl sites for hydroxylation is 2. The third-order valence-corrected chi connectivity index (χ3v) is 4.71. The van der Waals surface area contributed by atoms with Gasteiger partial charge < -0.3 is 9.47 Å². The molecule has 0 bridgehead atoms. The number of imidazole rings is 1. The predicted octanol–water partition coefficient (Wildman–Crippen LogP) is 3.03. The maximum atomic E-state index is 6.40. The largest absolute Gasteiger partial charge is 0.307 e. The molecule has 116 valence electrons. The van der Waals surface area contributed by atoms with Crippen molar-refractivity contribution < 1.29 is 0 Å². The van der Waals surface area contributed by atoms with Crippen LogP contribution in [0.5, 0.6) is 0 Å². The first kappa shape index (κ1) is 14.9. The molecule has 0 aromatic carbocycles. The standard InChI is InChI=1S/C15H24ClN5/c1-5-20-8-6-7-12(9-20)21-14(10(2)16)17-13-11(3)18-19(4)15(13)21/h10,12H,5-9H2,1-4H3. The first-order valence-corrected chi connectivity index (χ1v) is 8.24. The zero-order valence-corrected chi connectivity index (χ0v) is 14.1. The Labute approximate surface area is 130 Å². The number of likely N-dealkylation sites (N-methyl/N-ethyl adjacent to an activating group) is 1. The van der Waals surface area contributed by atoms with Crippen LogP contribution in [0.15, 0.2) is 0 Å². The Kier molecular flexibility index (Phi) is 3.97. The normalized spacial score (nSPS) is 22.0. The summed E-state index contributed by atoms with van der Waals surface area (Å²) in [6.45, 7) is 9.61. The minimum absolute atomic E-state index is 0.0891. The Morgan fingerprint density at radius 1 is 1.43 bits per heavy atom. The monoisotopic (exact) mass is 309 g/mol. The van der Waals surface area contributed by atoms with Crippen LogP contribution in [0, 0.1) is 6.92 Å². The second-order valence-electron chi connectivity index (χ2n) is 6.03. The van der Waals surface area contributed by atoms with Gasteiger partial charge >= 0.3 is 0 Å². The summed E-state index contributed by atoms with van der Waals surface area (Å²) in [6, 6.07) is 0.440. The molecular weight excluding hydrogens is 286 g/mol. The molecule has 2 aromatic rings. The van der Waals surface area contributed by atoms with Gasteiger partial charge in [-0.1, -0.05) is 6.92 Å². The molecule has 0 saturated carbocycles. The molecule has 0 radical (unpaired) electrons. The van der Waals surface area contributed by atoms with E-state index < -0.39 is 0 Å². The Balaban J connectivity index is 2.12. The van der Waals surface area contributed by atoms with Crippen LogP contribution in [-0.2, 0) is 7.05 Å². The van der Waals surface area contributed by atoms with Gasteiger partial charge in [0, 0.05) is 19.6 Å². The molecule has 0 N–H and O–H groups in total. The van der Waals surface area contributed by atoms with Gasteiger partial charge in [-0.15, -0.1) is 11.6 Å². The number of hydrogen-bond donors (Lipinski definition) is 0. The van der Waals surface area contributed by atoms with Crippen molar-refractivity contribution in [3.05, 3.63) is 11.5 Å². The van der Waals surface area contributed by atoms with E-state index in [0.717, 1.165) is 35.8 Å². The van der Waals surface area contributed by atoms with Gasteiger partial charge in [0.2, 0.25) is 0 Å². The van der Waals surface area contributed by atoms with Crippen LogP contribution in [0.3, 0.4) is 0 Å². The third kappa shape index (κ3) is 2.46. The first-order chi connectivity index (χ1) is 10.0. The zero-order valence-electron chi connectivity index (χ0n) is 13.3. The van der Waals surface area contributed by atoms with Crippen LogP contribution in [0.2, 0.25) is 0 Å². The van der Waals surface area contributed by atoms with Crippen molar-refractivity contribution in [2.45, 2.75) is 45.0 Å². The number of hydrogen-bond acceptors (Lipinski definition) is 3. The van der Waals surface area contributed by atoms with E-state index in [2.05, 4.69) is 21.5 Å². The quantitative estimate of drug-likeness (QED) is 0.818. The van der Waals surface area contributed by atoms with Crippen LogP contribution in [0.1, 0.15) is 49.6 Å². The van der Waals surface area contributed by atoms with E-state index in [1.54, 1.807) is 0 Å². The molecule has 21 heavy (non-hydrogen) atoms. The van der Waals surface area contributed by atoms with Crippen LogP contribution < -0.4 is 0 Å². The van der Waals surface area contributed by atoms with E-state index in [1.165, 1.54) is 19.4 Å². The van der Waals surface area contributed by atoms with Crippen LogP contribution >= 0.6 is 11.6 Å². The fraction of sp³-hybridized carbons (Fsp3) is 0.733. The predicted molar refractivity (Wildman–Crippen MR) is 85.9 cm³/mol. The van der Waals surface area contributed by atoms with E-state index in [-0.39, 0.29) is 5.38 Å². The lowest BCUT2D eigenvalue weighted by Crippen LogP contribution is -2.37. The fourth-order valence-electron chi connectivity index (χ4n) is 3.48. The Morgan fingerprint density at radius 2 is 2.19 bits per heavy atom. The molecule has 5 nitrogen and oxygen atoms in total. The second kappa shape index (κ2) is 5.61. The number of halogens is 1. The lowest BCUT2D eigenvalue weighted by Gasteiger charge is -2.33. The van der Waals surface area contributed by atoms with Crippen LogP contribution in [0.4, 0.5) is 0 Å². The van der Waals surface area contributed by atoms with Crippen molar-refractivity contribution in [2.24, 2.45) is 7.05 Å². The van der Waals surface area contributed by atoms with Crippen molar-refractivity contribution in [2.75, 3.05) is 19.6 Å². The van der Waals surface area contributed by atoms with Gasteiger partial charge in [-0.05, 0) is 39.8 Å². The number of rotatable bonds is 3. The maximum Gasteiger partial charge on any atom is 0.159 e. The number of piperidine rings is 1. The van der Waals surface area contributed by atoms with Gasteiger partial charge in [0.1, 0.15) is 11.3 Å². The third-order valence-electron chi connectivity index (χ3n) is 4.51. The van der Waals surface area contributed by atoms with Gasteiger partial charge in [-0.25, -0.2) is 4.98 Å². The lowest BCUT2D eigenvalue weighted by molar-refractivity contribution is 0.185. The summed E-state index contributed by atoms with van der Waals surface area (Å²) in [6.07, 6.45) is 2.41. The smallest absolute Gasteiger partial charge is 0.159 e. The highest BCUT2D eigenvalue weighted by Gasteiger charge is 2.28. The van der Waals surface area contributed by atoms with Gasteiger partial charge in [-0.2, -0.15) is 5.10 Å². The SMILES string of the molecule is CCN1CCCC(n2c(C(C)Cl)nc3c(C)nn(C)c32)C1. The topological polar surface area (TPSA) is 38.9 Å². The molecule has 3 rings (SSSR count). The molecule has 6 heteroatoms. The molecule has 1 aliphatic rings. The zero-order chi connectivity index (χ0) is 15.1. The van der Waals surface area contributed by atoms with E-state index in [1.807, 2.05) is 25.6 Å². The number of aromatic nitrogens is 4. The number of alkyl halides is 1. The van der Waals surface area contributed by atoms with Crippen molar-refractivity contribution in [3.63, 3.8) is 0 Å². The minimum atomic E-state index is -0.0891. The van der Waals surface area contributed by atoms with Gasteiger partial charge in [-0.3, -0.25) is 4.68 Å². The maximum absolute atomic E-state index is 6.40. The Bertz CT molecular complexity index is 642. The summed E-state index contributed by atoms with van der Waals surface area (Å²) in [5.41, 5.74) is 3.08. The van der Waals surface area contributed by atoms with Crippen molar-refractivity contribution in [1.29, 1.82) is 0 Å². The molecule has 3 heterocycles. The Hall–Kier alpha value is -1.07. The first-order valence-electron chi connectivity index (χ1n) is 7.80. The summed E-state index contributed by atoms with van der Waals surface area (Å²) in [7, 11) is 2.00. The van der Waals surface area contributed by atoms with Gasteiger partial charge in [0.15, 0.2) is 5.65 Å². The van der Waals surface area contributed by atoms with Crippen molar-refractivity contribution >= 4 is 22.8 Å². The summed E-state index contributed by atoms with van der Waals surface area (Å²) < 4.78 is 4.29. The molecule has 0 amide bonds. The van der Waals surface area contributed by atoms with Crippen LogP contribution in [0.25, 0.3) is 11.2 Å². The summed E-state index contributed by atoms with van der Waals surface area (Å²) in [5, 5.41) is 4.43. The molecular formula is C15H24ClN5. The lowest BCUT2D eigenvalue weighted by atomic mass is 10.1. The van der Waals surface area contributed by atoms with E-state index in [9.17, 15) is 0 Å². The van der Waals surface area contributed by atoms with E-state index >= 15 is 0 Å². The molecule has 1 fully saturated rings. The molecule has 0 aliphatic carbocycles. The van der Waals surface area contributed by atoms with Crippen LogP contribution in [-0.4, -0.2) is 43.9 Å². The number of fused-ring (bicyclic) bond motifs is 1. The molecule has 0 spiro atoms. The number of likely N-dealkylation sites (tertiary alicyclic amines) is 1. The average Bonchev–Trinajstić information content (AvgIpc) is 2.98.